The van der Waals surface area contributed by atoms with Crippen molar-refractivity contribution in [1.82, 2.24) is 5.32 Å². The molecule has 2 aliphatic heterocycles. The normalized spacial score (nSPS) is 16.5. The van der Waals surface area contributed by atoms with Crippen molar-refractivity contribution >= 4 is 184 Å². The first kappa shape index (κ1) is 114. The Hall–Kier alpha value is -11.6. The fraction of sp³-hybridized carbons (Fsp3) is 0.226. The molecule has 0 fully saturated rings. The maximum Gasteiger partial charge on any atom is 0.290 e. The van der Waals surface area contributed by atoms with Crippen LogP contribution in [0, 0.1) is 0 Å². The molecular formula is C115H123Cl7N12O7S3. The van der Waals surface area contributed by atoms with Gasteiger partial charge in [0.2, 0.25) is 0 Å². The highest BCUT2D eigenvalue weighted by molar-refractivity contribution is 8.13. The lowest BCUT2D eigenvalue weighted by Gasteiger charge is -2.38. The van der Waals surface area contributed by atoms with Crippen molar-refractivity contribution in [2.75, 3.05) is 83.3 Å². The van der Waals surface area contributed by atoms with Gasteiger partial charge in [0.1, 0.15) is 28.0 Å². The molecule has 0 bridgehead atoms. The Morgan fingerprint density at radius 1 is 0.340 bits per heavy atom. The molecule has 14 aromatic carbocycles. The molecule has 0 aromatic heterocycles. The van der Waals surface area contributed by atoms with E-state index in [0.717, 1.165) is 95.4 Å². The number of thiocarbonyl (C=S) groups is 1. The molecule has 29 heteroatoms. The third-order valence-electron chi connectivity index (χ3n) is 23.7. The number of benzene rings is 14. The fourth-order valence-electron chi connectivity index (χ4n) is 15.9. The monoisotopic (exact) mass is 2120 g/mol. The summed E-state index contributed by atoms with van der Waals surface area (Å²) in [6.45, 7) is 26.2. The number of nitrogens with zero attached hydrogens (tertiary/aromatic N) is 4. The summed E-state index contributed by atoms with van der Waals surface area (Å²) in [5.41, 5.74) is 21.6. The van der Waals surface area contributed by atoms with E-state index in [2.05, 4.69) is 76.1 Å². The quantitative estimate of drug-likeness (QED) is 0.0146. The summed E-state index contributed by atoms with van der Waals surface area (Å²) in [4.78, 5) is 17.6. The second-order valence-corrected chi connectivity index (χ2v) is 39.2. The molecule has 0 aliphatic carbocycles. The molecule has 15 N–H and O–H groups in total. The van der Waals surface area contributed by atoms with Crippen LogP contribution >= 0.6 is 117 Å². The van der Waals surface area contributed by atoms with E-state index in [0.29, 0.717) is 118 Å². The Balaban J connectivity index is 0.000000173. The summed E-state index contributed by atoms with van der Waals surface area (Å²) in [6, 6.07) is 107. The summed E-state index contributed by atoms with van der Waals surface area (Å²) in [5.74, 6) is 0. The van der Waals surface area contributed by atoms with Crippen molar-refractivity contribution in [2.45, 2.75) is 122 Å². The van der Waals surface area contributed by atoms with E-state index in [9.17, 15) is 25.5 Å². The van der Waals surface area contributed by atoms with Gasteiger partial charge in [0, 0.05) is 147 Å². The smallest absolute Gasteiger partial charge is 0.290 e. The van der Waals surface area contributed by atoms with Crippen LogP contribution in [0.25, 0.3) is 0 Å². The fourth-order valence-corrected chi connectivity index (χ4v) is 18.3. The van der Waals surface area contributed by atoms with Crippen LogP contribution in [0.5, 0.6) is 0 Å². The lowest BCUT2D eigenvalue weighted by atomic mass is 9.86. The summed E-state index contributed by atoms with van der Waals surface area (Å²) in [6.07, 6.45) is 3.93. The molecule has 0 saturated heterocycles. The van der Waals surface area contributed by atoms with Crippen LogP contribution in [0.2, 0.25) is 35.2 Å². The third-order valence-corrected chi connectivity index (χ3v) is 26.8. The largest absolute Gasteiger partial charge is 0.449 e. The van der Waals surface area contributed by atoms with Gasteiger partial charge >= 0.3 is 0 Å². The van der Waals surface area contributed by atoms with E-state index in [1.54, 1.807) is 107 Å². The molecule has 14 aromatic rings. The first-order valence-corrected chi connectivity index (χ1v) is 52.1. The van der Waals surface area contributed by atoms with Gasteiger partial charge in [-0.1, -0.05) is 317 Å². The molecule has 16 rings (SSSR count). The van der Waals surface area contributed by atoms with Crippen molar-refractivity contribution < 1.29 is 35.0 Å². The van der Waals surface area contributed by atoms with Gasteiger partial charge in [-0.15, -0.1) is 0 Å². The van der Waals surface area contributed by atoms with Crippen LogP contribution in [-0.2, 0) is 48.7 Å². The lowest BCUT2D eigenvalue weighted by molar-refractivity contribution is 0.103. The van der Waals surface area contributed by atoms with Gasteiger partial charge < -0.3 is 78.4 Å². The zero-order valence-electron chi connectivity index (χ0n) is 82.7. The van der Waals surface area contributed by atoms with Crippen molar-refractivity contribution in [3.63, 3.8) is 0 Å². The first-order valence-electron chi connectivity index (χ1n) is 46.6. The molecule has 0 spiro atoms. The number of halogens is 7. The summed E-state index contributed by atoms with van der Waals surface area (Å²) >= 11 is 51.0. The van der Waals surface area contributed by atoms with Crippen LogP contribution in [-0.4, -0.2) is 98.3 Å². The zero-order chi connectivity index (χ0) is 105. The van der Waals surface area contributed by atoms with Gasteiger partial charge in [-0.2, -0.15) is 0 Å². The third kappa shape index (κ3) is 30.3. The number of rotatable bonds is 20. The van der Waals surface area contributed by atoms with Gasteiger partial charge in [-0.05, 0) is 274 Å². The number of amidine groups is 4. The Morgan fingerprint density at radius 2 is 0.583 bits per heavy atom. The number of nitrogen functional groups attached to an aromatic ring is 2. The second-order valence-electron chi connectivity index (χ2n) is 34.1. The number of thioether (sulfide) groups is 2. The molecule has 0 amide bonds. The zero-order valence-corrected chi connectivity index (χ0v) is 90.5. The predicted molar refractivity (Wildman–Crippen MR) is 616 cm³/mol. The lowest BCUT2D eigenvalue weighted by Crippen LogP contribution is -2.39. The minimum absolute atomic E-state index is 0.509. The second kappa shape index (κ2) is 53.5. The Bertz CT molecular complexity index is 6350. The highest BCUT2D eigenvalue weighted by Crippen LogP contribution is 2.47. The number of aliphatic imine (C=N–C) groups is 4. The average Bonchev–Trinajstić information content (AvgIpc) is 0.750. The summed E-state index contributed by atoms with van der Waals surface area (Å²) in [5, 5.41) is 80.1. The highest BCUT2D eigenvalue weighted by Gasteiger charge is 2.42. The SMILES string of the molecule is CC(O)(c1ccccc1)c1cc(Cl)ccc1N.CC(O)(c1ccccc1)c1cc(Cl)ccc1N.CCN=C(Nc1ccc(Cl)cc1C(C)(O)c1ccccc1)SC.CCN=C(Nc1ccc(Cl)cc1[C@@](C)(O)c1ccccc1)SC.CCN=C1Nc2ccc(Cl)cc2C(C)(c2ccccc2)O1.CCN=C1Nc2ccc(Cl)cc2[C@@](C)(c2ccccc2)O1.CCNC(=S)Nc1ccc(Cl)cc1C(C)(O)c1ccccc1. The number of fused-ring (bicyclic) bond motifs is 2. The number of aliphatic hydroxyl groups is 5. The van der Waals surface area contributed by atoms with Crippen LogP contribution in [0.3, 0.4) is 0 Å². The molecular weight excluding hydrogens is 2010 g/mol. The molecule has 752 valence electrons. The summed E-state index contributed by atoms with van der Waals surface area (Å²) in [7, 11) is 0. The maximum absolute atomic E-state index is 11.1. The van der Waals surface area contributed by atoms with E-state index >= 15 is 0 Å². The van der Waals surface area contributed by atoms with Gasteiger partial charge in [0.25, 0.3) is 12.0 Å². The van der Waals surface area contributed by atoms with E-state index in [1.165, 1.54) is 23.5 Å². The molecule has 0 radical (unpaired) electrons. The van der Waals surface area contributed by atoms with E-state index < -0.39 is 39.2 Å². The van der Waals surface area contributed by atoms with Crippen molar-refractivity contribution in [3.8, 4) is 0 Å². The van der Waals surface area contributed by atoms with Crippen molar-refractivity contribution in [2.24, 2.45) is 20.0 Å². The summed E-state index contributed by atoms with van der Waals surface area (Å²) < 4.78 is 12.3. The topological polar surface area (TPSA) is 293 Å². The minimum Gasteiger partial charge on any atom is -0.449 e. The number of hydrogen-bond donors (Lipinski definition) is 13. The maximum atomic E-state index is 11.1. The van der Waals surface area contributed by atoms with Gasteiger partial charge in [0.05, 0.1) is 0 Å². The minimum atomic E-state index is -1.18. The molecule has 0 saturated carbocycles. The van der Waals surface area contributed by atoms with E-state index in [-0.39, 0.29) is 0 Å². The van der Waals surface area contributed by atoms with Gasteiger partial charge in [-0.25, -0.2) is 9.98 Å². The molecule has 19 nitrogen and oxygen atoms in total. The van der Waals surface area contributed by atoms with Crippen LogP contribution in [0.4, 0.5) is 39.8 Å². The van der Waals surface area contributed by atoms with Crippen LogP contribution in [0.15, 0.2) is 360 Å². The van der Waals surface area contributed by atoms with Crippen LogP contribution < -0.4 is 43.4 Å². The van der Waals surface area contributed by atoms with E-state index in [4.69, 9.17) is 114 Å². The number of hydrogen-bond acceptors (Lipinski definition) is 16. The molecule has 7 atom stereocenters. The molecule has 2 aliphatic rings. The Kier molecular flexibility index (Phi) is 42.4. The highest BCUT2D eigenvalue weighted by atomic mass is 35.5. The predicted octanol–water partition coefficient (Wildman–Crippen LogP) is 28.6. The first-order chi connectivity index (χ1) is 68.7. The Morgan fingerprint density at radius 3 is 0.847 bits per heavy atom. The number of nitrogens with one attached hydrogen (secondary N) is 6. The van der Waals surface area contributed by atoms with Gasteiger partial charge in [-0.3, -0.25) is 9.98 Å². The van der Waals surface area contributed by atoms with Crippen molar-refractivity contribution in [1.29, 1.82) is 0 Å². The average molecular weight is 2130 g/mol. The molecule has 2 heterocycles. The number of nitrogens with two attached hydrogens (primary N) is 2. The number of anilines is 7. The van der Waals surface area contributed by atoms with Crippen LogP contribution in [0.1, 0.15) is 161 Å². The molecule has 5 unspecified atom stereocenters. The molecule has 144 heavy (non-hydrogen) atoms. The Labute approximate surface area is 895 Å². The number of ether oxygens (including phenoxy) is 2. The van der Waals surface area contributed by atoms with Crippen molar-refractivity contribution in [3.05, 3.63) is 453 Å². The van der Waals surface area contributed by atoms with Gasteiger partial charge in [0.15, 0.2) is 26.6 Å². The van der Waals surface area contributed by atoms with E-state index in [1.807, 2.05) is 304 Å². The standard InChI is InChI=1S/2C18H21ClN2OS.C17H19ClN2OS.2C17H17ClN2O.2C14H14ClNO/c2*1-4-20-17(23-3)21-16-11-10-14(19)12-15(16)18(2,22)13-8-6-5-7-9-13;1-3-19-16(22)20-15-10-9-13(18)11-14(15)17(2,21)12-7-5-4-6-8-12;2*1-3-19-16-20-15-10-9-13(18)11-14(15)17(2,21-16)12-7-5-4-6-8-12;2*1-14(17,10-5-3-2-4-6-10)12-9-11(15)7-8-13(12)16/h2*5-12,22H,4H2,1-3H3,(H,20,21);4-11,21H,3H2,1-2H3,(H2,19,20,22);2*4-11H,3H2,1-2H3,(H,19,20);2*2-9,17H,16H2,1H3/t18-;;;17-;;;/m0..1.../s1.